The largest absolute Gasteiger partial charge is 0.493 e. The Bertz CT molecular complexity index is 1510. The third-order valence-electron chi connectivity index (χ3n) is 6.92. The van der Waals surface area contributed by atoms with Crippen molar-refractivity contribution in [2.45, 2.75) is 25.4 Å². The van der Waals surface area contributed by atoms with Gasteiger partial charge in [0.15, 0.2) is 11.5 Å². The molecule has 0 aliphatic rings. The lowest BCUT2D eigenvalue weighted by atomic mass is 9.87. The molecule has 0 spiro atoms. The lowest BCUT2D eigenvalue weighted by Gasteiger charge is -2.19. The zero-order valence-electron chi connectivity index (χ0n) is 21.8. The molecule has 4 aromatic carbocycles. The first-order chi connectivity index (χ1) is 18.7. The standard InChI is InChI=1S/C33H32N2O3/c1-37-31-18-17-26(19-32(31)38-2)28(20-33(36)34-21-24-11-5-3-6-12-24)29-23-35(22-25-13-7-4-8-14-25)30-16-10-9-15-27(29)30/h3-19,23,28H,20-22H2,1-2H3,(H,34,36)/t28-/m1/s1. The number of benzene rings is 4. The molecule has 0 saturated heterocycles. The van der Waals surface area contributed by atoms with Crippen LogP contribution < -0.4 is 14.8 Å². The highest BCUT2D eigenvalue weighted by Gasteiger charge is 2.24. The molecule has 0 bridgehead atoms. The average molecular weight is 505 g/mol. The van der Waals surface area contributed by atoms with Crippen molar-refractivity contribution in [1.29, 1.82) is 0 Å². The summed E-state index contributed by atoms with van der Waals surface area (Å²) in [5, 5.41) is 4.25. The van der Waals surface area contributed by atoms with E-state index in [2.05, 4.69) is 64.6 Å². The summed E-state index contributed by atoms with van der Waals surface area (Å²) in [6.45, 7) is 1.24. The molecule has 0 radical (unpaired) electrons. The van der Waals surface area contributed by atoms with Crippen LogP contribution in [-0.4, -0.2) is 24.7 Å². The van der Waals surface area contributed by atoms with E-state index < -0.39 is 0 Å². The molecule has 1 aromatic heterocycles. The van der Waals surface area contributed by atoms with Gasteiger partial charge in [0.25, 0.3) is 0 Å². The van der Waals surface area contributed by atoms with Gasteiger partial charge < -0.3 is 19.4 Å². The van der Waals surface area contributed by atoms with Crippen molar-refractivity contribution in [2.75, 3.05) is 14.2 Å². The molecule has 0 aliphatic heterocycles. The minimum Gasteiger partial charge on any atom is -0.493 e. The minimum absolute atomic E-state index is 0.00599. The Morgan fingerprint density at radius 2 is 1.45 bits per heavy atom. The Morgan fingerprint density at radius 3 is 2.16 bits per heavy atom. The quantitative estimate of drug-likeness (QED) is 0.235. The van der Waals surface area contributed by atoms with Crippen LogP contribution in [0.5, 0.6) is 11.5 Å². The van der Waals surface area contributed by atoms with E-state index in [1.165, 1.54) is 5.56 Å². The molecule has 0 unspecified atom stereocenters. The lowest BCUT2D eigenvalue weighted by Crippen LogP contribution is -2.25. The number of para-hydroxylation sites is 1. The van der Waals surface area contributed by atoms with E-state index in [-0.39, 0.29) is 11.8 Å². The highest BCUT2D eigenvalue weighted by atomic mass is 16.5. The third-order valence-corrected chi connectivity index (χ3v) is 6.92. The van der Waals surface area contributed by atoms with Crippen molar-refractivity contribution >= 4 is 16.8 Å². The number of carbonyl (C=O) groups excluding carboxylic acids is 1. The Labute approximate surface area is 223 Å². The molecular formula is C33H32N2O3. The van der Waals surface area contributed by atoms with Crippen molar-refractivity contribution in [2.24, 2.45) is 0 Å². The molecule has 5 nitrogen and oxygen atoms in total. The van der Waals surface area contributed by atoms with Gasteiger partial charge in [0, 0.05) is 42.5 Å². The highest BCUT2D eigenvalue weighted by Crippen LogP contribution is 2.38. The van der Waals surface area contributed by atoms with Crippen LogP contribution in [0.4, 0.5) is 0 Å². The van der Waals surface area contributed by atoms with E-state index >= 15 is 0 Å². The van der Waals surface area contributed by atoms with Crippen LogP contribution >= 0.6 is 0 Å². The van der Waals surface area contributed by atoms with E-state index in [1.807, 2.05) is 54.6 Å². The second kappa shape index (κ2) is 11.7. The average Bonchev–Trinajstić information content (AvgIpc) is 3.33. The van der Waals surface area contributed by atoms with E-state index in [0.29, 0.717) is 24.5 Å². The van der Waals surface area contributed by atoms with Gasteiger partial charge in [-0.05, 0) is 40.5 Å². The molecule has 0 fully saturated rings. The number of amides is 1. The Kier molecular flexibility index (Phi) is 7.74. The molecule has 1 heterocycles. The summed E-state index contributed by atoms with van der Waals surface area (Å²) in [7, 11) is 3.26. The van der Waals surface area contributed by atoms with Gasteiger partial charge in [0.2, 0.25) is 5.91 Å². The zero-order valence-corrected chi connectivity index (χ0v) is 21.8. The van der Waals surface area contributed by atoms with Crippen LogP contribution in [0.25, 0.3) is 10.9 Å². The smallest absolute Gasteiger partial charge is 0.221 e. The fourth-order valence-corrected chi connectivity index (χ4v) is 4.99. The van der Waals surface area contributed by atoms with Crippen LogP contribution in [0.3, 0.4) is 0 Å². The number of hydrogen-bond donors (Lipinski definition) is 1. The van der Waals surface area contributed by atoms with Crippen LogP contribution in [0.2, 0.25) is 0 Å². The minimum atomic E-state index is -0.174. The first-order valence-electron chi connectivity index (χ1n) is 12.8. The number of hydrogen-bond acceptors (Lipinski definition) is 3. The molecule has 38 heavy (non-hydrogen) atoms. The normalized spacial score (nSPS) is 11.7. The molecular weight excluding hydrogens is 472 g/mol. The van der Waals surface area contributed by atoms with Crippen molar-refractivity contribution in [3.05, 3.63) is 132 Å². The first-order valence-corrected chi connectivity index (χ1v) is 12.8. The monoisotopic (exact) mass is 504 g/mol. The number of rotatable bonds is 10. The number of methoxy groups -OCH3 is 2. The number of nitrogens with one attached hydrogen (secondary N) is 1. The maximum Gasteiger partial charge on any atom is 0.221 e. The maximum atomic E-state index is 13.3. The topological polar surface area (TPSA) is 52.5 Å². The van der Waals surface area contributed by atoms with Gasteiger partial charge in [0.05, 0.1) is 14.2 Å². The summed E-state index contributed by atoms with van der Waals surface area (Å²) in [6, 6.07) is 34.7. The van der Waals surface area contributed by atoms with E-state index in [0.717, 1.165) is 34.1 Å². The van der Waals surface area contributed by atoms with E-state index in [9.17, 15) is 4.79 Å². The van der Waals surface area contributed by atoms with Crippen LogP contribution in [0, 0.1) is 0 Å². The number of fused-ring (bicyclic) bond motifs is 1. The summed E-state index contributed by atoms with van der Waals surface area (Å²) in [5.41, 5.74) is 5.55. The fraction of sp³-hybridized carbons (Fsp3) is 0.182. The second-order valence-electron chi connectivity index (χ2n) is 9.35. The SMILES string of the molecule is COc1ccc([C@@H](CC(=O)NCc2ccccc2)c2cn(Cc3ccccc3)c3ccccc23)cc1OC. The molecule has 5 rings (SSSR count). The fourth-order valence-electron chi connectivity index (χ4n) is 4.99. The molecule has 5 aromatic rings. The number of nitrogens with zero attached hydrogens (tertiary/aromatic N) is 1. The summed E-state index contributed by atoms with van der Waals surface area (Å²) in [4.78, 5) is 13.3. The number of carbonyl (C=O) groups is 1. The highest BCUT2D eigenvalue weighted by molar-refractivity contribution is 5.87. The number of ether oxygens (including phenoxy) is 2. The van der Waals surface area contributed by atoms with Crippen LogP contribution in [0.1, 0.15) is 34.6 Å². The molecule has 1 N–H and O–H groups in total. The van der Waals surface area contributed by atoms with Crippen molar-refractivity contribution in [3.8, 4) is 11.5 Å². The summed E-state index contributed by atoms with van der Waals surface area (Å²) < 4.78 is 13.4. The molecule has 0 aliphatic carbocycles. The Hall–Kier alpha value is -4.51. The third kappa shape index (κ3) is 5.57. The predicted octanol–water partition coefficient (Wildman–Crippen LogP) is 6.55. The molecule has 192 valence electrons. The van der Waals surface area contributed by atoms with Gasteiger partial charge in [0.1, 0.15) is 0 Å². The Morgan fingerprint density at radius 1 is 0.789 bits per heavy atom. The second-order valence-corrected chi connectivity index (χ2v) is 9.35. The van der Waals surface area contributed by atoms with Crippen molar-refractivity contribution in [3.63, 3.8) is 0 Å². The predicted molar refractivity (Wildman–Crippen MR) is 152 cm³/mol. The molecule has 0 saturated carbocycles. The zero-order chi connectivity index (χ0) is 26.3. The van der Waals surface area contributed by atoms with Gasteiger partial charge in [-0.2, -0.15) is 0 Å². The number of aromatic nitrogens is 1. The Balaban J connectivity index is 1.53. The molecule has 5 heteroatoms. The summed E-state index contributed by atoms with van der Waals surface area (Å²) in [5.74, 6) is 1.13. The van der Waals surface area contributed by atoms with E-state index in [4.69, 9.17) is 9.47 Å². The van der Waals surface area contributed by atoms with Gasteiger partial charge in [-0.3, -0.25) is 4.79 Å². The lowest BCUT2D eigenvalue weighted by molar-refractivity contribution is -0.121. The van der Waals surface area contributed by atoms with Crippen LogP contribution in [-0.2, 0) is 17.9 Å². The van der Waals surface area contributed by atoms with Gasteiger partial charge in [-0.25, -0.2) is 0 Å². The maximum absolute atomic E-state index is 13.3. The van der Waals surface area contributed by atoms with Gasteiger partial charge in [-0.15, -0.1) is 0 Å². The summed E-state index contributed by atoms with van der Waals surface area (Å²) >= 11 is 0. The summed E-state index contributed by atoms with van der Waals surface area (Å²) in [6.07, 6.45) is 2.51. The first kappa shape index (κ1) is 25.2. The van der Waals surface area contributed by atoms with E-state index in [1.54, 1.807) is 14.2 Å². The van der Waals surface area contributed by atoms with Crippen molar-refractivity contribution in [1.82, 2.24) is 9.88 Å². The van der Waals surface area contributed by atoms with Gasteiger partial charge in [-0.1, -0.05) is 84.9 Å². The van der Waals surface area contributed by atoms with Crippen molar-refractivity contribution < 1.29 is 14.3 Å². The van der Waals surface area contributed by atoms with Gasteiger partial charge >= 0.3 is 0 Å². The van der Waals surface area contributed by atoms with Crippen LogP contribution in [0.15, 0.2) is 109 Å². The molecule has 1 amide bonds. The molecule has 1 atom stereocenters.